The zero-order valence-electron chi connectivity index (χ0n) is 14.6. The first-order chi connectivity index (χ1) is 13.7. The van der Waals surface area contributed by atoms with Crippen molar-refractivity contribution in [2.45, 2.75) is 6.92 Å². The summed E-state index contributed by atoms with van der Waals surface area (Å²) >= 11 is 3.09. The highest BCUT2D eigenvalue weighted by Gasteiger charge is 2.17. The van der Waals surface area contributed by atoms with Crippen LogP contribution in [-0.2, 0) is 0 Å². The van der Waals surface area contributed by atoms with Crippen molar-refractivity contribution < 1.29 is 4.39 Å². The number of rotatable bonds is 3. The maximum absolute atomic E-state index is 13.6. The van der Waals surface area contributed by atoms with Gasteiger partial charge in [-0.1, -0.05) is 0 Å². The van der Waals surface area contributed by atoms with Crippen LogP contribution in [0.15, 0.2) is 54.4 Å². The summed E-state index contributed by atoms with van der Waals surface area (Å²) in [4.78, 5) is 23.1. The minimum atomic E-state index is -0.381. The fraction of sp³-hybridized carbons (Fsp3) is 0.0500. The van der Waals surface area contributed by atoms with Crippen LogP contribution in [-0.4, -0.2) is 24.9 Å². The van der Waals surface area contributed by atoms with Gasteiger partial charge in [0.15, 0.2) is 5.82 Å². The van der Waals surface area contributed by atoms with Gasteiger partial charge in [-0.15, -0.1) is 22.7 Å². The Labute approximate surface area is 167 Å². The number of nitrogens with zero attached hydrogens (tertiary/aromatic N) is 5. The number of hydrogen-bond acceptors (Lipinski definition) is 7. The van der Waals surface area contributed by atoms with Gasteiger partial charge in [-0.05, 0) is 42.0 Å². The van der Waals surface area contributed by atoms with Crippen LogP contribution in [0.4, 0.5) is 4.39 Å². The van der Waals surface area contributed by atoms with Crippen LogP contribution >= 0.6 is 22.7 Å². The Morgan fingerprint density at radius 3 is 2.71 bits per heavy atom. The highest BCUT2D eigenvalue weighted by atomic mass is 32.1. The molecule has 8 heteroatoms. The lowest BCUT2D eigenvalue weighted by atomic mass is 10.2. The third kappa shape index (κ3) is 2.96. The topological polar surface area (TPSA) is 64.5 Å². The van der Waals surface area contributed by atoms with Crippen LogP contribution in [0.3, 0.4) is 0 Å². The predicted molar refractivity (Wildman–Crippen MR) is 110 cm³/mol. The number of thiophene rings is 1. The monoisotopic (exact) mass is 405 g/mol. The van der Waals surface area contributed by atoms with Gasteiger partial charge in [-0.2, -0.15) is 0 Å². The van der Waals surface area contributed by atoms with Gasteiger partial charge < -0.3 is 0 Å². The molecule has 0 aliphatic heterocycles. The Hall–Kier alpha value is -3.10. The molecule has 5 aromatic rings. The predicted octanol–water partition coefficient (Wildman–Crippen LogP) is 5.39. The van der Waals surface area contributed by atoms with E-state index < -0.39 is 0 Å². The van der Waals surface area contributed by atoms with Gasteiger partial charge in [-0.3, -0.25) is 4.98 Å². The molecule has 0 aliphatic rings. The quantitative estimate of drug-likeness (QED) is 0.403. The van der Waals surface area contributed by atoms with Crippen molar-refractivity contribution in [1.82, 2.24) is 24.9 Å². The number of pyridine rings is 2. The summed E-state index contributed by atoms with van der Waals surface area (Å²) in [5.74, 6) is 0.210. The second-order valence-corrected chi connectivity index (χ2v) is 8.01. The standard InChI is InChI=1S/C20H12FN5S2/c1-11-17(28-20(25-11)13-7-14(21)10-22-9-13)15-8-12-3-6-27-18(12)16(26-15)19-23-4-2-5-24-19/h2-10H,1H3. The van der Waals surface area contributed by atoms with E-state index in [-0.39, 0.29) is 5.82 Å². The van der Waals surface area contributed by atoms with E-state index in [0.717, 1.165) is 32.0 Å². The smallest absolute Gasteiger partial charge is 0.179 e. The van der Waals surface area contributed by atoms with Gasteiger partial charge in [0.25, 0.3) is 0 Å². The number of hydrogen-bond donors (Lipinski definition) is 0. The van der Waals surface area contributed by atoms with Crippen LogP contribution < -0.4 is 0 Å². The lowest BCUT2D eigenvalue weighted by Gasteiger charge is -2.05. The molecule has 0 saturated carbocycles. The van der Waals surface area contributed by atoms with Crippen LogP contribution in [0.1, 0.15) is 5.69 Å². The van der Waals surface area contributed by atoms with Gasteiger partial charge >= 0.3 is 0 Å². The molecule has 0 fully saturated rings. The molecule has 0 spiro atoms. The molecule has 0 unspecified atom stereocenters. The second-order valence-electron chi connectivity index (χ2n) is 6.09. The van der Waals surface area contributed by atoms with Crippen molar-refractivity contribution in [1.29, 1.82) is 0 Å². The Morgan fingerprint density at radius 1 is 1.04 bits per heavy atom. The molecule has 0 saturated heterocycles. The fourth-order valence-corrected chi connectivity index (χ4v) is 4.82. The lowest BCUT2D eigenvalue weighted by Crippen LogP contribution is -1.93. The molecule has 0 aromatic carbocycles. The fourth-order valence-electron chi connectivity index (χ4n) is 2.95. The van der Waals surface area contributed by atoms with Gasteiger partial charge in [-0.25, -0.2) is 24.3 Å². The first kappa shape index (κ1) is 17.0. The van der Waals surface area contributed by atoms with Gasteiger partial charge in [0, 0.05) is 24.2 Å². The van der Waals surface area contributed by atoms with E-state index >= 15 is 0 Å². The Balaban J connectivity index is 1.68. The highest BCUT2D eigenvalue weighted by molar-refractivity contribution is 7.18. The van der Waals surface area contributed by atoms with E-state index in [0.29, 0.717) is 16.4 Å². The molecule has 5 heterocycles. The van der Waals surface area contributed by atoms with Crippen LogP contribution in [0.2, 0.25) is 0 Å². The third-order valence-electron chi connectivity index (χ3n) is 4.19. The average Bonchev–Trinajstić information content (AvgIpc) is 3.34. The molecule has 5 nitrogen and oxygen atoms in total. The lowest BCUT2D eigenvalue weighted by molar-refractivity contribution is 0.622. The first-order valence-corrected chi connectivity index (χ1v) is 10.1. The van der Waals surface area contributed by atoms with Gasteiger partial charge in [0.05, 0.1) is 27.2 Å². The van der Waals surface area contributed by atoms with E-state index in [4.69, 9.17) is 4.98 Å². The molecular weight excluding hydrogens is 393 g/mol. The molecule has 28 heavy (non-hydrogen) atoms. The molecule has 0 amide bonds. The summed E-state index contributed by atoms with van der Waals surface area (Å²) in [6.07, 6.45) is 6.22. The molecule has 0 N–H and O–H groups in total. The number of halogens is 1. The summed E-state index contributed by atoms with van der Waals surface area (Å²) < 4.78 is 14.6. The SMILES string of the molecule is Cc1nc(-c2cncc(F)c2)sc1-c1cc2ccsc2c(-c2ncccn2)n1. The number of aromatic nitrogens is 5. The zero-order chi connectivity index (χ0) is 19.1. The number of thiazole rings is 1. The van der Waals surface area contributed by atoms with E-state index in [1.807, 2.05) is 18.4 Å². The molecule has 0 atom stereocenters. The van der Waals surface area contributed by atoms with Crippen molar-refractivity contribution in [3.63, 3.8) is 0 Å². The van der Waals surface area contributed by atoms with Crippen molar-refractivity contribution in [2.24, 2.45) is 0 Å². The van der Waals surface area contributed by atoms with Crippen LogP contribution in [0.25, 0.3) is 42.7 Å². The third-order valence-corrected chi connectivity index (χ3v) is 6.36. The van der Waals surface area contributed by atoms with Crippen LogP contribution in [0, 0.1) is 12.7 Å². The van der Waals surface area contributed by atoms with E-state index in [1.165, 1.54) is 23.6 Å². The van der Waals surface area contributed by atoms with E-state index in [1.54, 1.807) is 36.0 Å². The summed E-state index contributed by atoms with van der Waals surface area (Å²) in [5, 5.41) is 3.83. The van der Waals surface area contributed by atoms with Gasteiger partial charge in [0.1, 0.15) is 16.5 Å². The molecule has 0 aliphatic carbocycles. The maximum Gasteiger partial charge on any atom is 0.179 e. The first-order valence-electron chi connectivity index (χ1n) is 8.43. The maximum atomic E-state index is 13.6. The molecule has 0 radical (unpaired) electrons. The summed E-state index contributed by atoms with van der Waals surface area (Å²) in [5.41, 5.74) is 3.05. The normalized spacial score (nSPS) is 11.2. The summed E-state index contributed by atoms with van der Waals surface area (Å²) in [6, 6.07) is 7.33. The molecule has 5 aromatic heterocycles. The molecule has 5 rings (SSSR count). The zero-order valence-corrected chi connectivity index (χ0v) is 16.3. The van der Waals surface area contributed by atoms with E-state index in [9.17, 15) is 4.39 Å². The van der Waals surface area contributed by atoms with E-state index in [2.05, 4.69) is 26.0 Å². The minimum absolute atomic E-state index is 0.381. The second kappa shape index (κ2) is 6.81. The summed E-state index contributed by atoms with van der Waals surface area (Å²) in [7, 11) is 0. The van der Waals surface area contributed by atoms with Crippen molar-refractivity contribution in [3.8, 4) is 32.7 Å². The average molecular weight is 405 g/mol. The number of fused-ring (bicyclic) bond motifs is 1. The number of aryl methyl sites for hydroxylation is 1. The van der Waals surface area contributed by atoms with Crippen LogP contribution in [0.5, 0.6) is 0 Å². The molecular formula is C20H12FN5S2. The van der Waals surface area contributed by atoms with Crippen molar-refractivity contribution in [2.75, 3.05) is 0 Å². The molecule has 136 valence electrons. The highest BCUT2D eigenvalue weighted by Crippen LogP contribution is 2.38. The molecule has 0 bridgehead atoms. The minimum Gasteiger partial charge on any atom is -0.261 e. The largest absolute Gasteiger partial charge is 0.261 e. The Bertz CT molecular complexity index is 1300. The van der Waals surface area contributed by atoms with Crippen molar-refractivity contribution >= 4 is 32.8 Å². The Kier molecular flexibility index (Phi) is 4.14. The summed E-state index contributed by atoms with van der Waals surface area (Å²) in [6.45, 7) is 1.93. The van der Waals surface area contributed by atoms with Crippen molar-refractivity contribution in [3.05, 3.63) is 65.9 Å². The van der Waals surface area contributed by atoms with Gasteiger partial charge in [0.2, 0.25) is 0 Å². The Morgan fingerprint density at radius 2 is 1.89 bits per heavy atom.